The standard InChI is InChI=1S/C19H24ClN3O3/c1-12(2)13(3)21-16(24)11-26-19(25)17-14(4)22-23(18(17)20)10-15-8-6-5-7-9-15/h5-9,12-13H,10-11H2,1-4H3,(H,21,24)/t13-/m0/s1. The van der Waals surface area contributed by atoms with Gasteiger partial charge in [0, 0.05) is 6.04 Å². The Labute approximate surface area is 158 Å². The van der Waals surface area contributed by atoms with Crippen molar-refractivity contribution in [1.29, 1.82) is 0 Å². The lowest BCUT2D eigenvalue weighted by Gasteiger charge is -2.17. The third-order valence-corrected chi connectivity index (χ3v) is 4.55. The maximum absolute atomic E-state index is 12.3. The molecule has 0 radical (unpaired) electrons. The fourth-order valence-electron chi connectivity index (χ4n) is 2.31. The van der Waals surface area contributed by atoms with E-state index in [9.17, 15) is 9.59 Å². The second-order valence-electron chi connectivity index (χ2n) is 6.57. The molecule has 0 saturated heterocycles. The predicted molar refractivity (Wildman–Crippen MR) is 100 cm³/mol. The summed E-state index contributed by atoms with van der Waals surface area (Å²) in [6.07, 6.45) is 0. The summed E-state index contributed by atoms with van der Waals surface area (Å²) in [7, 11) is 0. The van der Waals surface area contributed by atoms with Crippen LogP contribution in [-0.2, 0) is 16.1 Å². The summed E-state index contributed by atoms with van der Waals surface area (Å²) in [4.78, 5) is 24.2. The number of ether oxygens (including phenoxy) is 1. The highest BCUT2D eigenvalue weighted by atomic mass is 35.5. The van der Waals surface area contributed by atoms with E-state index in [-0.39, 0.29) is 29.3 Å². The molecule has 2 aromatic rings. The molecule has 0 bridgehead atoms. The van der Waals surface area contributed by atoms with E-state index >= 15 is 0 Å². The molecule has 1 amide bonds. The lowest BCUT2D eigenvalue weighted by molar-refractivity contribution is -0.125. The van der Waals surface area contributed by atoms with E-state index in [1.165, 1.54) is 0 Å². The molecule has 2 rings (SSSR count). The summed E-state index contributed by atoms with van der Waals surface area (Å²) >= 11 is 6.31. The maximum Gasteiger partial charge on any atom is 0.343 e. The molecule has 6 nitrogen and oxygen atoms in total. The van der Waals surface area contributed by atoms with Crippen molar-refractivity contribution in [2.75, 3.05) is 6.61 Å². The summed E-state index contributed by atoms with van der Waals surface area (Å²) in [6, 6.07) is 9.67. The number of benzene rings is 1. The first kappa shape index (κ1) is 20.0. The monoisotopic (exact) mass is 377 g/mol. The molecule has 1 N–H and O–H groups in total. The Morgan fingerprint density at radius 2 is 1.88 bits per heavy atom. The smallest absolute Gasteiger partial charge is 0.343 e. The van der Waals surface area contributed by atoms with Gasteiger partial charge in [0.25, 0.3) is 5.91 Å². The molecular formula is C19H24ClN3O3. The van der Waals surface area contributed by atoms with E-state index in [2.05, 4.69) is 10.4 Å². The van der Waals surface area contributed by atoms with Crippen LogP contribution in [0.25, 0.3) is 0 Å². The van der Waals surface area contributed by atoms with Crippen molar-refractivity contribution in [1.82, 2.24) is 15.1 Å². The van der Waals surface area contributed by atoms with Crippen LogP contribution in [0.4, 0.5) is 0 Å². The highest BCUT2D eigenvalue weighted by molar-refractivity contribution is 6.32. The second-order valence-corrected chi connectivity index (χ2v) is 6.93. The molecule has 1 aromatic carbocycles. The molecule has 1 aromatic heterocycles. The number of nitrogens with zero attached hydrogens (tertiary/aromatic N) is 2. The van der Waals surface area contributed by atoms with Gasteiger partial charge in [-0.1, -0.05) is 55.8 Å². The van der Waals surface area contributed by atoms with E-state index in [1.807, 2.05) is 51.1 Å². The van der Waals surface area contributed by atoms with Crippen LogP contribution < -0.4 is 5.32 Å². The van der Waals surface area contributed by atoms with Crippen LogP contribution >= 0.6 is 11.6 Å². The highest BCUT2D eigenvalue weighted by Gasteiger charge is 2.23. The molecule has 0 aliphatic rings. The van der Waals surface area contributed by atoms with Crippen molar-refractivity contribution in [3.8, 4) is 0 Å². The molecule has 0 aliphatic carbocycles. The molecular weight excluding hydrogens is 354 g/mol. The number of aromatic nitrogens is 2. The van der Waals surface area contributed by atoms with Gasteiger partial charge < -0.3 is 10.1 Å². The van der Waals surface area contributed by atoms with Crippen molar-refractivity contribution in [2.45, 2.75) is 40.3 Å². The van der Waals surface area contributed by atoms with Crippen LogP contribution in [0.3, 0.4) is 0 Å². The third kappa shape index (κ3) is 5.08. The lowest BCUT2D eigenvalue weighted by Crippen LogP contribution is -2.38. The average Bonchev–Trinajstić information content (AvgIpc) is 2.87. The minimum absolute atomic E-state index is 0.000138. The van der Waals surface area contributed by atoms with Gasteiger partial charge >= 0.3 is 5.97 Å². The lowest BCUT2D eigenvalue weighted by atomic mass is 10.1. The van der Waals surface area contributed by atoms with E-state index in [0.29, 0.717) is 18.2 Å². The van der Waals surface area contributed by atoms with Gasteiger partial charge in [-0.25, -0.2) is 9.48 Å². The summed E-state index contributed by atoms with van der Waals surface area (Å²) in [6.45, 7) is 7.68. The van der Waals surface area contributed by atoms with Gasteiger partial charge in [0.05, 0.1) is 12.2 Å². The number of nitrogens with one attached hydrogen (secondary N) is 1. The molecule has 0 saturated carbocycles. The fraction of sp³-hybridized carbons (Fsp3) is 0.421. The molecule has 7 heteroatoms. The number of hydrogen-bond acceptors (Lipinski definition) is 4. The van der Waals surface area contributed by atoms with Crippen molar-refractivity contribution in [3.05, 3.63) is 52.3 Å². The number of amides is 1. The normalized spacial score (nSPS) is 12.1. The number of carbonyl (C=O) groups is 2. The minimum atomic E-state index is -0.654. The second kappa shape index (κ2) is 8.85. The third-order valence-electron chi connectivity index (χ3n) is 4.17. The van der Waals surface area contributed by atoms with E-state index in [4.69, 9.17) is 16.3 Å². The molecule has 0 fully saturated rings. The Bertz CT molecular complexity index is 772. The quantitative estimate of drug-likeness (QED) is 0.752. The van der Waals surface area contributed by atoms with Crippen LogP contribution in [-0.4, -0.2) is 34.3 Å². The van der Waals surface area contributed by atoms with E-state index < -0.39 is 5.97 Å². The summed E-state index contributed by atoms with van der Waals surface area (Å²) in [5.41, 5.74) is 1.66. The minimum Gasteiger partial charge on any atom is -0.452 e. The van der Waals surface area contributed by atoms with Crippen LogP contribution in [0.2, 0.25) is 5.15 Å². The molecule has 0 spiro atoms. The van der Waals surface area contributed by atoms with Gasteiger partial charge in [-0.3, -0.25) is 4.79 Å². The molecule has 1 atom stereocenters. The zero-order valence-corrected chi connectivity index (χ0v) is 16.2. The molecule has 26 heavy (non-hydrogen) atoms. The van der Waals surface area contributed by atoms with Crippen molar-refractivity contribution in [3.63, 3.8) is 0 Å². The Morgan fingerprint density at radius 3 is 2.50 bits per heavy atom. The first-order valence-corrected chi connectivity index (χ1v) is 8.90. The zero-order valence-electron chi connectivity index (χ0n) is 15.5. The highest BCUT2D eigenvalue weighted by Crippen LogP contribution is 2.21. The Morgan fingerprint density at radius 1 is 1.23 bits per heavy atom. The largest absolute Gasteiger partial charge is 0.452 e. The van der Waals surface area contributed by atoms with Gasteiger partial charge in [0.2, 0.25) is 0 Å². The first-order chi connectivity index (χ1) is 12.3. The first-order valence-electron chi connectivity index (χ1n) is 8.53. The SMILES string of the molecule is Cc1nn(Cc2ccccc2)c(Cl)c1C(=O)OCC(=O)N[C@@H](C)C(C)C. The molecule has 0 aliphatic heterocycles. The maximum atomic E-state index is 12.3. The Balaban J connectivity index is 2.02. The summed E-state index contributed by atoms with van der Waals surface area (Å²) < 4.78 is 6.65. The van der Waals surface area contributed by atoms with Crippen LogP contribution in [0, 0.1) is 12.8 Å². The summed E-state index contributed by atoms with van der Waals surface area (Å²) in [5.74, 6) is -0.702. The Kier molecular flexibility index (Phi) is 6.80. The molecule has 140 valence electrons. The number of halogens is 1. The number of carbonyl (C=O) groups excluding carboxylic acids is 2. The number of rotatable bonds is 7. The zero-order chi connectivity index (χ0) is 19.3. The van der Waals surface area contributed by atoms with Gasteiger partial charge in [0.1, 0.15) is 10.7 Å². The van der Waals surface area contributed by atoms with Gasteiger partial charge in [0.15, 0.2) is 6.61 Å². The topological polar surface area (TPSA) is 73.2 Å². The summed E-state index contributed by atoms with van der Waals surface area (Å²) in [5, 5.41) is 7.29. The number of esters is 1. The van der Waals surface area contributed by atoms with Crippen molar-refractivity contribution in [2.24, 2.45) is 5.92 Å². The number of hydrogen-bond donors (Lipinski definition) is 1. The average molecular weight is 378 g/mol. The van der Waals surface area contributed by atoms with Crippen LogP contribution in [0.5, 0.6) is 0 Å². The Hall–Kier alpha value is -2.34. The predicted octanol–water partition coefficient (Wildman–Crippen LogP) is 3.21. The fourth-order valence-corrected chi connectivity index (χ4v) is 2.62. The van der Waals surface area contributed by atoms with Gasteiger partial charge in [-0.05, 0) is 25.3 Å². The van der Waals surface area contributed by atoms with Gasteiger partial charge in [-0.15, -0.1) is 0 Å². The number of aryl methyl sites for hydroxylation is 1. The van der Waals surface area contributed by atoms with Crippen LogP contribution in [0.1, 0.15) is 42.4 Å². The molecule has 1 heterocycles. The van der Waals surface area contributed by atoms with Crippen molar-refractivity contribution < 1.29 is 14.3 Å². The van der Waals surface area contributed by atoms with Crippen molar-refractivity contribution >= 4 is 23.5 Å². The van der Waals surface area contributed by atoms with Crippen LogP contribution in [0.15, 0.2) is 30.3 Å². The van der Waals surface area contributed by atoms with E-state index in [1.54, 1.807) is 11.6 Å². The molecule has 0 unspecified atom stereocenters. The van der Waals surface area contributed by atoms with Gasteiger partial charge in [-0.2, -0.15) is 5.10 Å². The van der Waals surface area contributed by atoms with E-state index in [0.717, 1.165) is 5.56 Å².